The minimum absolute atomic E-state index is 0.0496. The number of nitrogens with zero attached hydrogens (tertiary/aromatic N) is 4. The third-order valence-corrected chi connectivity index (χ3v) is 5.78. The van der Waals surface area contributed by atoms with Crippen LogP contribution in [0.15, 0.2) is 30.6 Å². The minimum atomic E-state index is -0.206. The second-order valence-corrected chi connectivity index (χ2v) is 8.11. The lowest BCUT2D eigenvalue weighted by Gasteiger charge is -2.26. The lowest BCUT2D eigenvalue weighted by Crippen LogP contribution is -2.26. The molecule has 2 N–H and O–H groups in total. The first-order chi connectivity index (χ1) is 14.1. The van der Waals surface area contributed by atoms with Gasteiger partial charge in [0.15, 0.2) is 11.6 Å². The molecule has 3 heterocycles. The zero-order valence-electron chi connectivity index (χ0n) is 16.4. The summed E-state index contributed by atoms with van der Waals surface area (Å²) < 4.78 is 9.81. The summed E-state index contributed by atoms with van der Waals surface area (Å²) in [6.45, 7) is 0. The van der Waals surface area contributed by atoms with Crippen molar-refractivity contribution >= 4 is 17.2 Å². The molecule has 3 aromatic heterocycles. The molecule has 0 spiro atoms. The summed E-state index contributed by atoms with van der Waals surface area (Å²) in [6, 6.07) is 5.87. The molecule has 0 aromatic carbocycles. The van der Waals surface area contributed by atoms with E-state index < -0.39 is 0 Å². The van der Waals surface area contributed by atoms with E-state index in [1.165, 1.54) is 0 Å². The Labute approximate surface area is 168 Å². The predicted molar refractivity (Wildman–Crippen MR) is 108 cm³/mol. The van der Waals surface area contributed by atoms with Crippen molar-refractivity contribution in [3.05, 3.63) is 30.6 Å². The molecule has 0 bridgehead atoms. The van der Waals surface area contributed by atoms with E-state index in [1.54, 1.807) is 10.7 Å². The van der Waals surface area contributed by atoms with Crippen LogP contribution in [0, 0.1) is 5.92 Å². The van der Waals surface area contributed by atoms with Gasteiger partial charge in [0.1, 0.15) is 5.69 Å². The van der Waals surface area contributed by atoms with E-state index in [4.69, 9.17) is 4.74 Å². The summed E-state index contributed by atoms with van der Waals surface area (Å²) in [5.41, 5.74) is 2.77. The number of anilines is 1. The fraction of sp³-hybridized carbons (Fsp3) is 0.476. The molecular weight excluding hydrogens is 370 g/mol. The summed E-state index contributed by atoms with van der Waals surface area (Å²) in [7, 11) is 1.90. The first-order valence-electron chi connectivity index (χ1n) is 10.2. The van der Waals surface area contributed by atoms with Gasteiger partial charge in [-0.3, -0.25) is 9.48 Å². The third kappa shape index (κ3) is 3.72. The number of pyridine rings is 1. The number of fused-ring (bicyclic) bond motifs is 1. The van der Waals surface area contributed by atoms with Gasteiger partial charge in [0, 0.05) is 30.8 Å². The SMILES string of the molecule is Cn1ncc(OC2CCC(O)CC2)c1-c1ccn2nc(NC(=O)C3CC3)cc2c1. The van der Waals surface area contributed by atoms with Crippen molar-refractivity contribution in [1.82, 2.24) is 19.4 Å². The smallest absolute Gasteiger partial charge is 0.228 e. The Bertz CT molecular complexity index is 1040. The monoisotopic (exact) mass is 395 g/mol. The first kappa shape index (κ1) is 18.2. The van der Waals surface area contributed by atoms with Gasteiger partial charge in [0.05, 0.1) is 23.9 Å². The van der Waals surface area contributed by atoms with Crippen molar-refractivity contribution < 1.29 is 14.6 Å². The van der Waals surface area contributed by atoms with Crippen LogP contribution in [0.3, 0.4) is 0 Å². The summed E-state index contributed by atoms with van der Waals surface area (Å²) in [4.78, 5) is 12.0. The van der Waals surface area contributed by atoms with Crippen LogP contribution in [0.25, 0.3) is 16.8 Å². The number of aryl methyl sites for hydroxylation is 1. The van der Waals surface area contributed by atoms with Crippen molar-refractivity contribution in [3.63, 3.8) is 0 Å². The van der Waals surface area contributed by atoms with Crippen LogP contribution in [0.1, 0.15) is 38.5 Å². The quantitative estimate of drug-likeness (QED) is 0.693. The summed E-state index contributed by atoms with van der Waals surface area (Å²) in [5, 5.41) is 21.4. The molecule has 3 aromatic rings. The fourth-order valence-electron chi connectivity index (χ4n) is 3.95. The van der Waals surface area contributed by atoms with Crippen LogP contribution in [0.4, 0.5) is 5.82 Å². The molecule has 0 radical (unpaired) electrons. The molecule has 8 nitrogen and oxygen atoms in total. The molecule has 2 saturated carbocycles. The standard InChI is InChI=1S/C21H25N5O3/c1-25-20(18(12-22-25)29-17-6-4-16(27)5-7-17)14-8-9-26-15(10-14)11-19(24-26)23-21(28)13-2-3-13/h8-13,16-17,27H,2-7H2,1H3,(H,23,24,28). The van der Waals surface area contributed by atoms with E-state index >= 15 is 0 Å². The van der Waals surface area contributed by atoms with Gasteiger partial charge in [-0.2, -0.15) is 10.2 Å². The van der Waals surface area contributed by atoms with Crippen molar-refractivity contribution in [1.29, 1.82) is 0 Å². The highest BCUT2D eigenvalue weighted by atomic mass is 16.5. The molecule has 29 heavy (non-hydrogen) atoms. The molecule has 0 saturated heterocycles. The van der Waals surface area contributed by atoms with E-state index in [9.17, 15) is 9.90 Å². The molecular formula is C21H25N5O3. The van der Waals surface area contributed by atoms with Crippen molar-refractivity contribution in [3.8, 4) is 17.0 Å². The number of hydrogen-bond donors (Lipinski definition) is 2. The Morgan fingerprint density at radius 2 is 2.00 bits per heavy atom. The van der Waals surface area contributed by atoms with Gasteiger partial charge >= 0.3 is 0 Å². The van der Waals surface area contributed by atoms with Gasteiger partial charge in [0.2, 0.25) is 5.91 Å². The van der Waals surface area contributed by atoms with Gasteiger partial charge in [-0.15, -0.1) is 0 Å². The lowest BCUT2D eigenvalue weighted by atomic mass is 9.95. The van der Waals surface area contributed by atoms with E-state index in [1.807, 2.05) is 36.1 Å². The van der Waals surface area contributed by atoms with Gasteiger partial charge in [-0.1, -0.05) is 0 Å². The second kappa shape index (κ2) is 7.18. The maximum absolute atomic E-state index is 12.0. The second-order valence-electron chi connectivity index (χ2n) is 8.11. The predicted octanol–water partition coefficient (Wildman–Crippen LogP) is 2.77. The highest BCUT2D eigenvalue weighted by Crippen LogP contribution is 2.34. The number of ether oxygens (including phenoxy) is 1. The summed E-state index contributed by atoms with van der Waals surface area (Å²) in [6.07, 6.45) is 8.70. The normalized spacial score (nSPS) is 22.0. The maximum atomic E-state index is 12.0. The molecule has 2 aliphatic rings. The fourth-order valence-corrected chi connectivity index (χ4v) is 3.95. The molecule has 8 heteroatoms. The van der Waals surface area contributed by atoms with Gasteiger partial charge in [-0.05, 0) is 50.7 Å². The molecule has 2 aliphatic carbocycles. The zero-order chi connectivity index (χ0) is 20.0. The molecule has 152 valence electrons. The van der Waals surface area contributed by atoms with Crippen LogP contribution >= 0.6 is 0 Å². The Balaban J connectivity index is 1.40. The Morgan fingerprint density at radius 1 is 1.21 bits per heavy atom. The number of amides is 1. The number of aliphatic hydroxyl groups is 1. The summed E-state index contributed by atoms with van der Waals surface area (Å²) in [5.74, 6) is 1.51. The average molecular weight is 395 g/mol. The van der Waals surface area contributed by atoms with Crippen LogP contribution in [-0.2, 0) is 11.8 Å². The Hall–Kier alpha value is -2.87. The van der Waals surface area contributed by atoms with E-state index in [0.29, 0.717) is 5.82 Å². The summed E-state index contributed by atoms with van der Waals surface area (Å²) >= 11 is 0. The van der Waals surface area contributed by atoms with Crippen molar-refractivity contribution in [2.24, 2.45) is 13.0 Å². The van der Waals surface area contributed by atoms with Crippen molar-refractivity contribution in [2.75, 3.05) is 5.32 Å². The number of nitrogens with one attached hydrogen (secondary N) is 1. The minimum Gasteiger partial charge on any atom is -0.486 e. The zero-order valence-corrected chi connectivity index (χ0v) is 16.4. The van der Waals surface area contributed by atoms with Crippen LogP contribution < -0.4 is 10.1 Å². The molecule has 0 unspecified atom stereocenters. The molecule has 1 amide bonds. The van der Waals surface area contributed by atoms with E-state index in [-0.39, 0.29) is 24.0 Å². The van der Waals surface area contributed by atoms with Gasteiger partial charge < -0.3 is 15.2 Å². The number of carbonyl (C=O) groups excluding carboxylic acids is 1. The van der Waals surface area contributed by atoms with Crippen molar-refractivity contribution in [2.45, 2.75) is 50.7 Å². The maximum Gasteiger partial charge on any atom is 0.228 e. The Morgan fingerprint density at radius 3 is 2.76 bits per heavy atom. The van der Waals surface area contributed by atoms with Gasteiger partial charge in [0.25, 0.3) is 0 Å². The van der Waals surface area contributed by atoms with E-state index in [0.717, 1.165) is 61.0 Å². The number of aliphatic hydroxyl groups excluding tert-OH is 1. The average Bonchev–Trinajstić information content (AvgIpc) is 3.39. The number of aromatic nitrogens is 4. The highest BCUT2D eigenvalue weighted by molar-refractivity contribution is 5.93. The Kier molecular flexibility index (Phi) is 4.50. The van der Waals surface area contributed by atoms with E-state index in [2.05, 4.69) is 15.5 Å². The molecule has 2 fully saturated rings. The third-order valence-electron chi connectivity index (χ3n) is 5.78. The van der Waals surface area contributed by atoms with Crippen LogP contribution in [-0.4, -0.2) is 42.6 Å². The van der Waals surface area contributed by atoms with Gasteiger partial charge in [-0.25, -0.2) is 4.52 Å². The number of carbonyl (C=O) groups is 1. The topological polar surface area (TPSA) is 93.7 Å². The first-order valence-corrected chi connectivity index (χ1v) is 10.2. The molecule has 0 atom stereocenters. The van der Waals surface area contributed by atoms with Crippen LogP contribution in [0.2, 0.25) is 0 Å². The van der Waals surface area contributed by atoms with Crippen LogP contribution in [0.5, 0.6) is 5.75 Å². The molecule has 0 aliphatic heterocycles. The number of hydrogen-bond acceptors (Lipinski definition) is 5. The largest absolute Gasteiger partial charge is 0.486 e. The lowest BCUT2D eigenvalue weighted by molar-refractivity contribution is -0.117. The number of rotatable bonds is 5. The molecule has 5 rings (SSSR count). The highest BCUT2D eigenvalue weighted by Gasteiger charge is 2.30.